The molecule has 0 bridgehead atoms. The number of rotatable bonds is 4. The van der Waals surface area contributed by atoms with Crippen molar-refractivity contribution in [2.24, 2.45) is 5.14 Å². The maximum atomic E-state index is 12.9. The molecule has 2 aliphatic heterocycles. The van der Waals surface area contributed by atoms with E-state index in [4.69, 9.17) is 5.14 Å². The number of likely N-dealkylation sites (tertiary alicyclic amines) is 1. The van der Waals surface area contributed by atoms with Crippen LogP contribution in [0.3, 0.4) is 0 Å². The molecule has 2 aliphatic rings. The molecule has 1 fully saturated rings. The maximum Gasteiger partial charge on any atom is 0.346 e. The number of benzene rings is 1. The molecule has 0 aliphatic carbocycles. The highest BCUT2D eigenvalue weighted by molar-refractivity contribution is 7.97. The van der Waals surface area contributed by atoms with E-state index in [1.54, 1.807) is 4.57 Å². The van der Waals surface area contributed by atoms with E-state index < -0.39 is 6.04 Å². The Labute approximate surface area is 156 Å². The van der Waals surface area contributed by atoms with Gasteiger partial charge in [0.1, 0.15) is 11.9 Å². The second kappa shape index (κ2) is 7.28. The maximum absolute atomic E-state index is 12.9. The van der Waals surface area contributed by atoms with Gasteiger partial charge in [0.25, 0.3) is 0 Å². The van der Waals surface area contributed by atoms with Gasteiger partial charge < -0.3 is 4.90 Å². The first-order valence-corrected chi connectivity index (χ1v) is 9.98. The molecule has 2 N–H and O–H groups in total. The van der Waals surface area contributed by atoms with Gasteiger partial charge in [-0.15, -0.1) is 0 Å². The van der Waals surface area contributed by atoms with E-state index in [1.165, 1.54) is 16.6 Å². The molecule has 2 aromatic rings. The van der Waals surface area contributed by atoms with Crippen LogP contribution in [0.2, 0.25) is 0 Å². The third-order valence-electron chi connectivity index (χ3n) is 5.23. The van der Waals surface area contributed by atoms with Crippen LogP contribution < -0.4 is 10.8 Å². The summed E-state index contributed by atoms with van der Waals surface area (Å²) in [5.41, 5.74) is 0.803. The smallest absolute Gasteiger partial charge is 0.341 e. The van der Waals surface area contributed by atoms with Crippen LogP contribution in [-0.4, -0.2) is 38.2 Å². The summed E-state index contributed by atoms with van der Waals surface area (Å²) in [6.45, 7) is 2.01. The molecule has 0 radical (unpaired) electrons. The van der Waals surface area contributed by atoms with E-state index >= 15 is 0 Å². The zero-order valence-electron chi connectivity index (χ0n) is 14.6. The van der Waals surface area contributed by atoms with Crippen LogP contribution in [0.15, 0.2) is 34.0 Å². The number of hydrogen-bond donors (Lipinski definition) is 1. The van der Waals surface area contributed by atoms with Crippen molar-refractivity contribution in [3.05, 3.63) is 46.1 Å². The Morgan fingerprint density at radius 1 is 1.19 bits per heavy atom. The molecule has 8 heteroatoms. The average Bonchev–Trinajstić information content (AvgIpc) is 3.31. The molecule has 1 saturated heterocycles. The average molecular weight is 373 g/mol. The van der Waals surface area contributed by atoms with Gasteiger partial charge >= 0.3 is 5.69 Å². The fourth-order valence-corrected chi connectivity index (χ4v) is 4.16. The molecule has 1 atom stereocenters. The Morgan fingerprint density at radius 2 is 1.92 bits per heavy atom. The van der Waals surface area contributed by atoms with Crippen molar-refractivity contribution >= 4 is 17.9 Å². The molecule has 1 aromatic carbocycles. The summed E-state index contributed by atoms with van der Waals surface area (Å²) in [4.78, 5) is 28.7. The van der Waals surface area contributed by atoms with Gasteiger partial charge in [-0.1, -0.05) is 12.1 Å². The van der Waals surface area contributed by atoms with Crippen molar-refractivity contribution in [2.75, 3.05) is 13.1 Å². The molecular formula is C18H23N5O2S. The Morgan fingerprint density at radius 3 is 2.62 bits per heavy atom. The summed E-state index contributed by atoms with van der Waals surface area (Å²) in [5, 5.41) is 10.1. The van der Waals surface area contributed by atoms with Crippen molar-refractivity contribution in [3.8, 4) is 0 Å². The van der Waals surface area contributed by atoms with Gasteiger partial charge in [0.2, 0.25) is 5.91 Å². The number of carbonyl (C=O) groups excluding carboxylic acids is 1. The summed E-state index contributed by atoms with van der Waals surface area (Å²) in [6.07, 6.45) is 4.46. The molecule has 0 spiro atoms. The summed E-state index contributed by atoms with van der Waals surface area (Å²) in [7, 11) is 0. The number of nitrogens with zero attached hydrogens (tertiary/aromatic N) is 4. The van der Waals surface area contributed by atoms with E-state index in [0.29, 0.717) is 6.54 Å². The van der Waals surface area contributed by atoms with Crippen LogP contribution in [0.25, 0.3) is 0 Å². The number of fused-ring (bicyclic) bond motifs is 1. The Hall–Kier alpha value is -2.06. The first-order valence-electron chi connectivity index (χ1n) is 9.10. The van der Waals surface area contributed by atoms with Gasteiger partial charge in [0.15, 0.2) is 0 Å². The van der Waals surface area contributed by atoms with Crippen molar-refractivity contribution in [2.45, 2.75) is 49.6 Å². The summed E-state index contributed by atoms with van der Waals surface area (Å²) >= 11 is 1.19. The zero-order chi connectivity index (χ0) is 18.1. The van der Waals surface area contributed by atoms with Gasteiger partial charge in [0.05, 0.1) is 6.54 Å². The number of aromatic nitrogens is 3. The lowest BCUT2D eigenvalue weighted by molar-refractivity contribution is -0.134. The molecule has 4 rings (SSSR count). The quantitative estimate of drug-likeness (QED) is 0.822. The molecule has 7 nitrogen and oxygen atoms in total. The number of nitrogens with two attached hydrogens (primary N) is 1. The first kappa shape index (κ1) is 17.4. The molecule has 1 amide bonds. The third kappa shape index (κ3) is 3.19. The lowest BCUT2D eigenvalue weighted by Gasteiger charge is -2.27. The molecule has 26 heavy (non-hydrogen) atoms. The van der Waals surface area contributed by atoms with E-state index in [1.807, 2.05) is 29.2 Å². The number of carbonyl (C=O) groups is 1. The predicted molar refractivity (Wildman–Crippen MR) is 99.9 cm³/mol. The Bertz CT molecular complexity index is 851. The highest BCUT2D eigenvalue weighted by Crippen LogP contribution is 2.25. The van der Waals surface area contributed by atoms with Gasteiger partial charge in [-0.3, -0.25) is 14.5 Å². The Kier molecular flexibility index (Phi) is 4.86. The second-order valence-corrected chi connectivity index (χ2v) is 7.64. The topological polar surface area (TPSA) is 86.1 Å². The minimum Gasteiger partial charge on any atom is -0.341 e. The van der Waals surface area contributed by atoms with E-state index in [2.05, 4.69) is 5.10 Å². The van der Waals surface area contributed by atoms with E-state index in [0.717, 1.165) is 61.5 Å². The number of hydrogen-bond acceptors (Lipinski definition) is 5. The van der Waals surface area contributed by atoms with Crippen molar-refractivity contribution < 1.29 is 4.79 Å². The molecule has 1 unspecified atom stereocenters. The zero-order valence-corrected chi connectivity index (χ0v) is 15.5. The van der Waals surface area contributed by atoms with Crippen molar-refractivity contribution in [1.29, 1.82) is 0 Å². The van der Waals surface area contributed by atoms with Crippen LogP contribution in [0.5, 0.6) is 0 Å². The monoisotopic (exact) mass is 373 g/mol. The molecule has 138 valence electrons. The van der Waals surface area contributed by atoms with Crippen LogP contribution in [0.4, 0.5) is 0 Å². The van der Waals surface area contributed by atoms with Crippen molar-refractivity contribution in [1.82, 2.24) is 19.2 Å². The van der Waals surface area contributed by atoms with Crippen LogP contribution in [0, 0.1) is 0 Å². The molecular weight excluding hydrogens is 350 g/mol. The fraction of sp³-hybridized carbons (Fsp3) is 0.500. The Balaban J connectivity index is 1.61. The normalized spacial score (nSPS) is 19.6. The SMILES string of the molecule is NSc1ccc(Cn2nc3n(c2=O)C(C(=O)N2CCCC2)CCC3)cc1. The lowest BCUT2D eigenvalue weighted by Crippen LogP contribution is -2.41. The predicted octanol–water partition coefficient (Wildman–Crippen LogP) is 1.56. The second-order valence-electron chi connectivity index (χ2n) is 6.93. The van der Waals surface area contributed by atoms with Gasteiger partial charge in [0, 0.05) is 24.4 Å². The number of aryl methyl sites for hydroxylation is 1. The highest BCUT2D eigenvalue weighted by atomic mass is 32.2. The minimum absolute atomic E-state index is 0.0782. The van der Waals surface area contributed by atoms with Crippen molar-refractivity contribution in [3.63, 3.8) is 0 Å². The summed E-state index contributed by atoms with van der Waals surface area (Å²) < 4.78 is 3.11. The lowest BCUT2D eigenvalue weighted by atomic mass is 10.0. The highest BCUT2D eigenvalue weighted by Gasteiger charge is 2.34. The van der Waals surface area contributed by atoms with Crippen LogP contribution >= 0.6 is 11.9 Å². The molecule has 1 aromatic heterocycles. The molecule has 0 saturated carbocycles. The van der Waals surface area contributed by atoms with E-state index in [-0.39, 0.29) is 11.6 Å². The van der Waals surface area contributed by atoms with Crippen LogP contribution in [-0.2, 0) is 17.8 Å². The molecule has 3 heterocycles. The van der Waals surface area contributed by atoms with E-state index in [9.17, 15) is 9.59 Å². The summed E-state index contributed by atoms with van der Waals surface area (Å²) in [6, 6.07) is 7.37. The third-order valence-corrected chi connectivity index (χ3v) is 5.77. The largest absolute Gasteiger partial charge is 0.346 e. The summed E-state index contributed by atoms with van der Waals surface area (Å²) in [5.74, 6) is 0.808. The number of amides is 1. The van der Waals surface area contributed by atoms with Gasteiger partial charge in [-0.2, -0.15) is 5.10 Å². The van der Waals surface area contributed by atoms with Crippen LogP contribution in [0.1, 0.15) is 43.1 Å². The van der Waals surface area contributed by atoms with Gasteiger partial charge in [-0.25, -0.2) is 9.48 Å². The van der Waals surface area contributed by atoms with Gasteiger partial charge in [-0.05, 0) is 55.3 Å². The standard InChI is InChI=1S/C18H23N5O2S/c19-26-14-8-6-13(7-9-14)12-22-18(25)23-15(4-3-5-16(23)20-22)17(24)21-10-1-2-11-21/h6-9,15H,1-5,10-12,19H2. The first-order chi connectivity index (χ1) is 12.7. The minimum atomic E-state index is -0.394. The fourth-order valence-electron chi connectivity index (χ4n) is 3.86.